The van der Waals surface area contributed by atoms with Crippen molar-refractivity contribution in [1.29, 1.82) is 5.26 Å². The molecule has 0 fully saturated rings. The summed E-state index contributed by atoms with van der Waals surface area (Å²) in [7, 11) is 0. The lowest BCUT2D eigenvalue weighted by molar-refractivity contribution is 0.705. The van der Waals surface area contributed by atoms with Gasteiger partial charge < -0.3 is 4.57 Å². The number of rotatable bonds is 2. The first-order chi connectivity index (χ1) is 5.74. The summed E-state index contributed by atoms with van der Waals surface area (Å²) >= 11 is 0. The number of hydrogen-bond donors (Lipinski definition) is 0. The van der Waals surface area contributed by atoms with Crippen LogP contribution in [0.15, 0.2) is 23.3 Å². The zero-order valence-electron chi connectivity index (χ0n) is 6.95. The fraction of sp³-hybridized carbons (Fsp3) is 0.333. The van der Waals surface area contributed by atoms with Gasteiger partial charge in [0, 0.05) is 30.6 Å². The first-order valence-electron chi connectivity index (χ1n) is 3.77. The Labute approximate surface area is 70.9 Å². The van der Waals surface area contributed by atoms with Crippen molar-refractivity contribution in [2.24, 2.45) is 0 Å². The minimum Gasteiger partial charge on any atom is -0.353 e. The van der Waals surface area contributed by atoms with Gasteiger partial charge in [-0.05, 0) is 6.92 Å². The van der Waals surface area contributed by atoms with Crippen LogP contribution in [-0.4, -0.2) is 4.57 Å². The van der Waals surface area contributed by atoms with Gasteiger partial charge in [0.15, 0.2) is 5.43 Å². The molecule has 0 saturated carbocycles. The Balaban J connectivity index is 2.84. The van der Waals surface area contributed by atoms with E-state index in [-0.39, 0.29) is 5.43 Å². The molecular weight excluding hydrogens is 152 g/mol. The van der Waals surface area contributed by atoms with Crippen LogP contribution in [0.25, 0.3) is 0 Å². The van der Waals surface area contributed by atoms with Gasteiger partial charge >= 0.3 is 0 Å². The number of hydrogen-bond acceptors (Lipinski definition) is 2. The molecule has 0 bridgehead atoms. The number of nitriles is 1. The van der Waals surface area contributed by atoms with Gasteiger partial charge in [0.05, 0.1) is 12.5 Å². The molecule has 0 spiro atoms. The zero-order chi connectivity index (χ0) is 8.97. The molecule has 3 nitrogen and oxygen atoms in total. The summed E-state index contributed by atoms with van der Waals surface area (Å²) in [4.78, 5) is 11.0. The second kappa shape index (κ2) is 3.72. The molecule has 0 aromatic carbocycles. The second-order valence-electron chi connectivity index (χ2n) is 2.64. The third-order valence-corrected chi connectivity index (χ3v) is 1.65. The minimum absolute atomic E-state index is 0.0446. The molecule has 0 saturated heterocycles. The van der Waals surface area contributed by atoms with E-state index in [0.29, 0.717) is 13.0 Å². The fourth-order valence-corrected chi connectivity index (χ4v) is 0.968. The molecule has 1 rings (SSSR count). The fourth-order valence-electron chi connectivity index (χ4n) is 0.968. The topological polar surface area (TPSA) is 45.8 Å². The summed E-state index contributed by atoms with van der Waals surface area (Å²) in [6.07, 6.45) is 3.94. The highest BCUT2D eigenvalue weighted by Crippen LogP contribution is 1.92. The molecule has 62 valence electrons. The summed E-state index contributed by atoms with van der Waals surface area (Å²) in [5.74, 6) is 0. The Kier molecular flexibility index (Phi) is 2.65. The van der Waals surface area contributed by atoms with Crippen molar-refractivity contribution in [3.63, 3.8) is 0 Å². The van der Waals surface area contributed by atoms with Crippen LogP contribution in [0.2, 0.25) is 0 Å². The average molecular weight is 162 g/mol. The highest BCUT2D eigenvalue weighted by molar-refractivity contribution is 5.07. The van der Waals surface area contributed by atoms with Crippen LogP contribution in [0.3, 0.4) is 0 Å². The Morgan fingerprint density at radius 1 is 1.67 bits per heavy atom. The van der Waals surface area contributed by atoms with Crippen molar-refractivity contribution >= 4 is 0 Å². The highest BCUT2D eigenvalue weighted by atomic mass is 16.1. The first-order valence-corrected chi connectivity index (χ1v) is 3.77. The Morgan fingerprint density at radius 2 is 2.42 bits per heavy atom. The van der Waals surface area contributed by atoms with Crippen LogP contribution >= 0.6 is 0 Å². The summed E-state index contributed by atoms with van der Waals surface area (Å²) in [6, 6.07) is 3.57. The van der Waals surface area contributed by atoms with Crippen molar-refractivity contribution < 1.29 is 0 Å². The van der Waals surface area contributed by atoms with Gasteiger partial charge in [-0.3, -0.25) is 4.79 Å². The molecular formula is C9H10N2O. The van der Waals surface area contributed by atoms with Crippen molar-refractivity contribution in [3.05, 3.63) is 34.2 Å². The molecule has 3 heteroatoms. The molecule has 0 aliphatic heterocycles. The lowest BCUT2D eigenvalue weighted by atomic mass is 10.3. The van der Waals surface area contributed by atoms with E-state index >= 15 is 0 Å². The average Bonchev–Trinajstić information content (AvgIpc) is 2.07. The molecule has 0 aliphatic rings. The van der Waals surface area contributed by atoms with Crippen molar-refractivity contribution in [2.45, 2.75) is 19.9 Å². The van der Waals surface area contributed by atoms with Gasteiger partial charge in [0.25, 0.3) is 0 Å². The minimum atomic E-state index is 0.0446. The normalized spacial score (nSPS) is 9.33. The standard InChI is InChI=1S/C9H10N2O/c1-8-7-11(5-2-4-10)6-3-9(8)12/h3,6-7H,2,5H2,1H3. The van der Waals surface area contributed by atoms with Crippen LogP contribution in [0.4, 0.5) is 0 Å². The first kappa shape index (κ1) is 8.54. The van der Waals surface area contributed by atoms with E-state index in [1.54, 1.807) is 19.3 Å². The molecule has 0 N–H and O–H groups in total. The van der Waals surface area contributed by atoms with E-state index in [0.717, 1.165) is 5.56 Å². The van der Waals surface area contributed by atoms with E-state index in [9.17, 15) is 4.79 Å². The van der Waals surface area contributed by atoms with Gasteiger partial charge in [0.2, 0.25) is 0 Å². The highest BCUT2D eigenvalue weighted by Gasteiger charge is 1.92. The lowest BCUT2D eigenvalue weighted by Gasteiger charge is -2.02. The predicted octanol–water partition coefficient (Wildman–Crippen LogP) is 1.07. The number of nitrogens with zero attached hydrogens (tertiary/aromatic N) is 2. The maximum absolute atomic E-state index is 11.0. The molecule has 0 atom stereocenters. The van der Waals surface area contributed by atoms with Gasteiger partial charge in [0.1, 0.15) is 0 Å². The Bertz CT molecular complexity index is 360. The zero-order valence-corrected chi connectivity index (χ0v) is 6.95. The van der Waals surface area contributed by atoms with Crippen molar-refractivity contribution in [2.75, 3.05) is 0 Å². The monoisotopic (exact) mass is 162 g/mol. The molecule has 0 unspecified atom stereocenters. The van der Waals surface area contributed by atoms with Gasteiger partial charge in [-0.15, -0.1) is 0 Å². The van der Waals surface area contributed by atoms with Gasteiger partial charge in [-0.1, -0.05) is 0 Å². The molecule has 0 aliphatic carbocycles. The number of aryl methyl sites for hydroxylation is 2. The van der Waals surface area contributed by atoms with E-state index in [4.69, 9.17) is 5.26 Å². The molecule has 0 amide bonds. The van der Waals surface area contributed by atoms with Crippen LogP contribution in [0.5, 0.6) is 0 Å². The quantitative estimate of drug-likeness (QED) is 0.653. The molecule has 0 radical (unpaired) electrons. The summed E-state index contributed by atoms with van der Waals surface area (Å²) in [6.45, 7) is 2.42. The van der Waals surface area contributed by atoms with E-state index in [1.807, 2.05) is 4.57 Å². The molecule has 1 aromatic heterocycles. The number of aromatic nitrogens is 1. The van der Waals surface area contributed by atoms with Crippen molar-refractivity contribution in [1.82, 2.24) is 4.57 Å². The largest absolute Gasteiger partial charge is 0.353 e. The van der Waals surface area contributed by atoms with Crippen LogP contribution in [-0.2, 0) is 6.54 Å². The molecule has 1 aromatic rings. The van der Waals surface area contributed by atoms with Crippen LogP contribution < -0.4 is 5.43 Å². The summed E-state index contributed by atoms with van der Waals surface area (Å²) in [5.41, 5.74) is 0.763. The van der Waals surface area contributed by atoms with Crippen LogP contribution in [0, 0.1) is 18.3 Å². The Morgan fingerprint density at radius 3 is 3.00 bits per heavy atom. The summed E-state index contributed by atoms with van der Waals surface area (Å²) < 4.78 is 1.85. The van der Waals surface area contributed by atoms with Gasteiger partial charge in [-0.25, -0.2) is 0 Å². The predicted molar refractivity (Wildman–Crippen MR) is 45.7 cm³/mol. The SMILES string of the molecule is Cc1cn(CCC#N)ccc1=O. The van der Waals surface area contributed by atoms with Gasteiger partial charge in [-0.2, -0.15) is 5.26 Å². The van der Waals surface area contributed by atoms with Crippen molar-refractivity contribution in [3.8, 4) is 6.07 Å². The molecule has 12 heavy (non-hydrogen) atoms. The van der Waals surface area contributed by atoms with E-state index in [2.05, 4.69) is 6.07 Å². The second-order valence-corrected chi connectivity index (χ2v) is 2.64. The van der Waals surface area contributed by atoms with Crippen LogP contribution in [0.1, 0.15) is 12.0 Å². The summed E-state index contributed by atoms with van der Waals surface area (Å²) in [5, 5.41) is 8.33. The maximum Gasteiger partial charge on any atom is 0.184 e. The third kappa shape index (κ3) is 1.96. The molecule has 1 heterocycles. The van der Waals surface area contributed by atoms with E-state index < -0.39 is 0 Å². The smallest absolute Gasteiger partial charge is 0.184 e. The maximum atomic E-state index is 11.0. The lowest BCUT2D eigenvalue weighted by Crippen LogP contribution is -2.08. The number of pyridine rings is 1. The third-order valence-electron chi connectivity index (χ3n) is 1.65. The van der Waals surface area contributed by atoms with E-state index in [1.165, 1.54) is 6.07 Å². The Hall–Kier alpha value is -1.56.